The summed E-state index contributed by atoms with van der Waals surface area (Å²) in [6.07, 6.45) is 0.692. The van der Waals surface area contributed by atoms with Crippen LogP contribution in [0.5, 0.6) is 0 Å². The highest BCUT2D eigenvalue weighted by Crippen LogP contribution is 2.44. The highest BCUT2D eigenvalue weighted by molar-refractivity contribution is 5.86. The van der Waals surface area contributed by atoms with Crippen molar-refractivity contribution in [2.75, 3.05) is 13.2 Å². The van der Waals surface area contributed by atoms with Gasteiger partial charge < -0.3 is 20.1 Å². The minimum Gasteiger partial charge on any atom is -0.481 e. The molecule has 4 rings (SSSR count). The van der Waals surface area contributed by atoms with Crippen LogP contribution in [-0.4, -0.2) is 53.2 Å². The molecule has 0 spiro atoms. The number of carbonyl (C=O) groups excluding carboxylic acids is 2. The Bertz CT molecular complexity index is 959. The first-order valence-corrected chi connectivity index (χ1v) is 10.6. The van der Waals surface area contributed by atoms with E-state index in [1.54, 1.807) is 11.8 Å². The van der Waals surface area contributed by atoms with Crippen molar-refractivity contribution in [2.24, 2.45) is 0 Å². The number of likely N-dealkylation sites (tertiary alicyclic amines) is 1. The molecule has 2 aromatic carbocycles. The van der Waals surface area contributed by atoms with Crippen molar-refractivity contribution in [3.05, 3.63) is 59.7 Å². The molecule has 2 aromatic rings. The molecule has 2 aliphatic rings. The van der Waals surface area contributed by atoms with Crippen molar-refractivity contribution in [3.63, 3.8) is 0 Å². The third-order valence-corrected chi connectivity index (χ3v) is 6.12. The van der Waals surface area contributed by atoms with Crippen LogP contribution in [0.25, 0.3) is 11.1 Å². The Morgan fingerprint density at radius 2 is 1.71 bits per heavy atom. The molecule has 1 heterocycles. The van der Waals surface area contributed by atoms with Crippen molar-refractivity contribution < 1.29 is 24.2 Å². The summed E-state index contributed by atoms with van der Waals surface area (Å²) >= 11 is 0. The average Bonchev–Trinajstić information content (AvgIpc) is 3.33. The highest BCUT2D eigenvalue weighted by atomic mass is 16.5. The van der Waals surface area contributed by atoms with Gasteiger partial charge >= 0.3 is 12.1 Å². The van der Waals surface area contributed by atoms with E-state index in [0.717, 1.165) is 28.7 Å². The molecule has 2 N–H and O–H groups in total. The normalized spacial score (nSPS) is 18.2. The van der Waals surface area contributed by atoms with E-state index in [9.17, 15) is 14.4 Å². The quantitative estimate of drug-likeness (QED) is 0.744. The van der Waals surface area contributed by atoms with Crippen LogP contribution in [-0.2, 0) is 14.3 Å². The van der Waals surface area contributed by atoms with Gasteiger partial charge in [0.05, 0.1) is 6.42 Å². The number of nitrogens with zero attached hydrogens (tertiary/aromatic N) is 1. The summed E-state index contributed by atoms with van der Waals surface area (Å²) in [6.45, 7) is 2.28. The number of fused-ring (bicyclic) bond motifs is 3. The zero-order valence-electron chi connectivity index (χ0n) is 17.4. The molecule has 7 heteroatoms. The van der Waals surface area contributed by atoms with Crippen LogP contribution >= 0.6 is 0 Å². The molecule has 0 bridgehead atoms. The molecule has 2 atom stereocenters. The summed E-state index contributed by atoms with van der Waals surface area (Å²) in [6, 6.07) is 15.1. The molecule has 1 saturated heterocycles. The Kier molecular flexibility index (Phi) is 5.93. The lowest BCUT2D eigenvalue weighted by atomic mass is 9.98. The molecule has 0 radical (unpaired) electrons. The lowest BCUT2D eigenvalue weighted by Crippen LogP contribution is -2.49. The van der Waals surface area contributed by atoms with Crippen LogP contribution in [0.3, 0.4) is 0 Å². The zero-order valence-corrected chi connectivity index (χ0v) is 17.4. The summed E-state index contributed by atoms with van der Waals surface area (Å²) in [5, 5.41) is 11.6. The SMILES string of the molecule is CC(NC(=O)OCC1c2ccccc2-c2ccccc21)C(=O)N1CCC[C@H]1CC(=O)O. The highest BCUT2D eigenvalue weighted by Gasteiger charge is 2.34. The van der Waals surface area contributed by atoms with Crippen molar-refractivity contribution >= 4 is 18.0 Å². The average molecular weight is 422 g/mol. The van der Waals surface area contributed by atoms with Gasteiger partial charge in [-0.3, -0.25) is 9.59 Å². The molecule has 0 saturated carbocycles. The number of alkyl carbamates (subject to hydrolysis) is 1. The van der Waals surface area contributed by atoms with Gasteiger partial charge in [0.25, 0.3) is 0 Å². The first kappa shape index (κ1) is 20.9. The molecule has 2 amide bonds. The second kappa shape index (κ2) is 8.79. The minimum atomic E-state index is -0.929. The van der Waals surface area contributed by atoms with Crippen LogP contribution in [0.4, 0.5) is 4.79 Å². The fourth-order valence-corrected chi connectivity index (χ4v) is 4.67. The predicted octanol–water partition coefficient (Wildman–Crippen LogP) is 3.38. The van der Waals surface area contributed by atoms with Crippen molar-refractivity contribution in [3.8, 4) is 11.1 Å². The molecule has 1 unspecified atom stereocenters. The van der Waals surface area contributed by atoms with Crippen LogP contribution in [0.1, 0.15) is 43.2 Å². The first-order chi connectivity index (χ1) is 15.0. The van der Waals surface area contributed by atoms with E-state index in [4.69, 9.17) is 9.84 Å². The van der Waals surface area contributed by atoms with E-state index in [0.29, 0.717) is 13.0 Å². The Balaban J connectivity index is 1.36. The monoisotopic (exact) mass is 422 g/mol. The lowest BCUT2D eigenvalue weighted by molar-refractivity contribution is -0.140. The van der Waals surface area contributed by atoms with Gasteiger partial charge in [-0.15, -0.1) is 0 Å². The number of carboxylic acid groups (broad SMARTS) is 1. The summed E-state index contributed by atoms with van der Waals surface area (Å²) in [7, 11) is 0. The summed E-state index contributed by atoms with van der Waals surface area (Å²) in [5.41, 5.74) is 4.53. The second-order valence-corrected chi connectivity index (χ2v) is 8.12. The van der Waals surface area contributed by atoms with Gasteiger partial charge in [0.2, 0.25) is 5.91 Å². The van der Waals surface area contributed by atoms with Gasteiger partial charge in [-0.2, -0.15) is 0 Å². The lowest BCUT2D eigenvalue weighted by Gasteiger charge is -2.27. The van der Waals surface area contributed by atoms with E-state index in [1.807, 2.05) is 36.4 Å². The number of benzene rings is 2. The number of nitrogens with one attached hydrogen (secondary N) is 1. The largest absolute Gasteiger partial charge is 0.481 e. The number of hydrogen-bond acceptors (Lipinski definition) is 4. The zero-order chi connectivity index (χ0) is 22.0. The van der Waals surface area contributed by atoms with Crippen molar-refractivity contribution in [2.45, 2.75) is 44.2 Å². The number of ether oxygens (including phenoxy) is 1. The second-order valence-electron chi connectivity index (χ2n) is 8.12. The number of rotatable bonds is 6. The van der Waals surface area contributed by atoms with Gasteiger partial charge in [0.15, 0.2) is 0 Å². The molecule has 1 aliphatic carbocycles. The topological polar surface area (TPSA) is 95.9 Å². The minimum absolute atomic E-state index is 0.0531. The molecule has 1 fully saturated rings. The van der Waals surface area contributed by atoms with Gasteiger partial charge in [0.1, 0.15) is 12.6 Å². The van der Waals surface area contributed by atoms with Crippen molar-refractivity contribution in [1.29, 1.82) is 0 Å². The van der Waals surface area contributed by atoms with Gasteiger partial charge in [-0.05, 0) is 42.0 Å². The Labute approximate surface area is 181 Å². The van der Waals surface area contributed by atoms with Crippen LogP contribution in [0.2, 0.25) is 0 Å². The van der Waals surface area contributed by atoms with E-state index in [1.165, 1.54) is 0 Å². The molecule has 7 nitrogen and oxygen atoms in total. The van der Waals surface area contributed by atoms with Gasteiger partial charge in [0, 0.05) is 18.5 Å². The molecular formula is C24H26N2O5. The fraction of sp³-hybridized carbons (Fsp3) is 0.375. The van der Waals surface area contributed by atoms with Crippen LogP contribution in [0, 0.1) is 0 Å². The number of amides is 2. The number of carbonyl (C=O) groups is 3. The Morgan fingerprint density at radius 3 is 2.32 bits per heavy atom. The molecule has 31 heavy (non-hydrogen) atoms. The fourth-order valence-electron chi connectivity index (χ4n) is 4.67. The van der Waals surface area contributed by atoms with Gasteiger partial charge in [-0.1, -0.05) is 48.5 Å². The molecule has 162 valence electrons. The number of carboxylic acids is 1. The summed E-state index contributed by atoms with van der Waals surface area (Å²) in [5.74, 6) is -1.26. The van der Waals surface area contributed by atoms with Crippen LogP contribution in [0.15, 0.2) is 48.5 Å². The summed E-state index contributed by atoms with van der Waals surface area (Å²) < 4.78 is 5.50. The first-order valence-electron chi connectivity index (χ1n) is 10.6. The van der Waals surface area contributed by atoms with Gasteiger partial charge in [-0.25, -0.2) is 4.79 Å². The van der Waals surface area contributed by atoms with E-state index in [2.05, 4.69) is 17.4 Å². The maximum Gasteiger partial charge on any atom is 0.407 e. The van der Waals surface area contributed by atoms with Crippen LogP contribution < -0.4 is 5.32 Å². The standard InChI is InChI=1S/C24H26N2O5/c1-15(23(29)26-12-6-7-16(26)13-22(27)28)25-24(30)31-14-21-19-10-4-2-8-17(19)18-9-3-5-11-20(18)21/h2-5,8-11,15-16,21H,6-7,12-14H2,1H3,(H,25,30)(H,27,28)/t15?,16-/m0/s1. The van der Waals surface area contributed by atoms with E-state index < -0.39 is 18.1 Å². The predicted molar refractivity (Wildman–Crippen MR) is 115 cm³/mol. The van der Waals surface area contributed by atoms with E-state index in [-0.39, 0.29) is 30.9 Å². The van der Waals surface area contributed by atoms with Crippen molar-refractivity contribution in [1.82, 2.24) is 10.2 Å². The smallest absolute Gasteiger partial charge is 0.407 e. The third kappa shape index (κ3) is 4.26. The number of hydrogen-bond donors (Lipinski definition) is 2. The number of aliphatic carboxylic acids is 1. The Morgan fingerprint density at radius 1 is 1.10 bits per heavy atom. The molecule has 0 aromatic heterocycles. The molecule has 1 aliphatic heterocycles. The Hall–Kier alpha value is -3.35. The third-order valence-electron chi connectivity index (χ3n) is 6.12. The molecular weight excluding hydrogens is 396 g/mol. The maximum atomic E-state index is 12.7. The maximum absolute atomic E-state index is 12.7. The summed E-state index contributed by atoms with van der Waals surface area (Å²) in [4.78, 5) is 37.7. The van der Waals surface area contributed by atoms with E-state index >= 15 is 0 Å².